The smallest absolute Gasteiger partial charge is 0.306 e. The highest BCUT2D eigenvalue weighted by Gasteiger charge is 2.33. The van der Waals surface area contributed by atoms with Crippen molar-refractivity contribution in [2.75, 3.05) is 59.8 Å². The van der Waals surface area contributed by atoms with Crippen molar-refractivity contribution in [2.45, 2.75) is 123 Å². The van der Waals surface area contributed by atoms with Crippen molar-refractivity contribution in [3.63, 3.8) is 0 Å². The van der Waals surface area contributed by atoms with E-state index in [1.54, 1.807) is 7.05 Å². The molecule has 0 aliphatic rings. The number of nitrogens with two attached hydrogens (primary N) is 1. The lowest BCUT2D eigenvalue weighted by Crippen LogP contribution is -2.45. The van der Waals surface area contributed by atoms with Gasteiger partial charge in [0.1, 0.15) is 16.8 Å². The molecular formula is C32H63N3O10. The van der Waals surface area contributed by atoms with E-state index in [0.29, 0.717) is 78.4 Å². The number of rotatable bonds is 22. The van der Waals surface area contributed by atoms with Crippen molar-refractivity contribution in [3.8, 4) is 0 Å². The summed E-state index contributed by atoms with van der Waals surface area (Å²) in [5.74, 6) is -0.926. The number of carbonyl (C=O) groups excluding carboxylic acids is 4. The molecule has 0 spiro atoms. The minimum absolute atomic E-state index is 0.181. The van der Waals surface area contributed by atoms with E-state index < -0.39 is 22.3 Å². The molecule has 0 aliphatic heterocycles. The summed E-state index contributed by atoms with van der Waals surface area (Å²) < 4.78 is 31.7. The molecule has 0 bridgehead atoms. The van der Waals surface area contributed by atoms with Crippen LogP contribution in [0.4, 0.5) is 0 Å². The van der Waals surface area contributed by atoms with E-state index in [-0.39, 0.29) is 37.2 Å². The van der Waals surface area contributed by atoms with Crippen LogP contribution in [0.1, 0.15) is 101 Å². The molecule has 0 fully saturated rings. The Morgan fingerprint density at radius 1 is 0.600 bits per heavy atom. The van der Waals surface area contributed by atoms with Crippen molar-refractivity contribution < 1.29 is 47.6 Å². The molecule has 13 heteroatoms. The molecule has 266 valence electrons. The van der Waals surface area contributed by atoms with Crippen molar-refractivity contribution in [3.05, 3.63) is 0 Å². The number of esters is 3. The van der Waals surface area contributed by atoms with E-state index in [0.717, 1.165) is 0 Å². The van der Waals surface area contributed by atoms with Crippen LogP contribution in [0.15, 0.2) is 0 Å². The lowest BCUT2D eigenvalue weighted by Gasteiger charge is -2.34. The van der Waals surface area contributed by atoms with Gasteiger partial charge in [-0.3, -0.25) is 19.2 Å². The van der Waals surface area contributed by atoms with Crippen LogP contribution >= 0.6 is 0 Å². The lowest BCUT2D eigenvalue weighted by atomic mass is 9.83. The Balaban J connectivity index is 0. The maximum atomic E-state index is 12.2. The molecule has 1 amide bonds. The van der Waals surface area contributed by atoms with Gasteiger partial charge in [0.25, 0.3) is 0 Å². The van der Waals surface area contributed by atoms with Gasteiger partial charge in [0, 0.05) is 37.9 Å². The van der Waals surface area contributed by atoms with E-state index in [1.165, 1.54) is 0 Å². The molecular weight excluding hydrogens is 586 g/mol. The molecule has 0 aromatic heterocycles. The molecule has 0 aliphatic carbocycles. The molecule has 0 saturated heterocycles. The molecule has 0 radical (unpaired) electrons. The highest BCUT2D eigenvalue weighted by atomic mass is 16.6. The van der Waals surface area contributed by atoms with Gasteiger partial charge in [-0.15, -0.1) is 0 Å². The second-order valence-electron chi connectivity index (χ2n) is 13.5. The molecule has 0 saturated carbocycles. The minimum Gasteiger partial charge on any atom is -0.460 e. The van der Waals surface area contributed by atoms with Crippen LogP contribution in [0.25, 0.3) is 0 Å². The number of amides is 1. The summed E-state index contributed by atoms with van der Waals surface area (Å²) in [4.78, 5) is 46.6. The first kappa shape index (κ1) is 44.8. The summed E-state index contributed by atoms with van der Waals surface area (Å²) in [6.07, 6.45) is 2.49. The largest absolute Gasteiger partial charge is 0.460 e. The van der Waals surface area contributed by atoms with Gasteiger partial charge in [0.2, 0.25) is 6.41 Å². The van der Waals surface area contributed by atoms with Crippen LogP contribution in [0.3, 0.4) is 0 Å². The molecule has 4 N–H and O–H groups in total. The highest BCUT2D eigenvalue weighted by molar-refractivity contribution is 5.71. The summed E-state index contributed by atoms with van der Waals surface area (Å²) in [7, 11) is 1.78. The van der Waals surface area contributed by atoms with Gasteiger partial charge >= 0.3 is 17.9 Å². The first-order valence-corrected chi connectivity index (χ1v) is 15.7. The standard InChI is InChI=1S/C23H43NO6.C9H20N2O4/c1-20(2,3)28-17(25)11-14-23(24-10,15-12-18(26)29-21(4,5)6)16-13-19(27)30-22(7,8)9;10-1-3-13-5-7-15-8-6-14-4-2-11-9-12/h24H,11-16H2,1-10H3;9H,1-8,10H2,(H,11,12). The Morgan fingerprint density at radius 2 is 0.933 bits per heavy atom. The van der Waals surface area contributed by atoms with Gasteiger partial charge in [-0.2, -0.15) is 0 Å². The highest BCUT2D eigenvalue weighted by Crippen LogP contribution is 2.28. The van der Waals surface area contributed by atoms with Gasteiger partial charge < -0.3 is 44.8 Å². The summed E-state index contributed by atoms with van der Waals surface area (Å²) in [5.41, 5.74) is 2.95. The first-order chi connectivity index (χ1) is 20.8. The van der Waals surface area contributed by atoms with Crippen LogP contribution in [-0.2, 0) is 47.6 Å². The Morgan fingerprint density at radius 3 is 1.22 bits per heavy atom. The Bertz CT molecular complexity index is 739. The molecule has 0 unspecified atom stereocenters. The minimum atomic E-state index is -0.593. The lowest BCUT2D eigenvalue weighted by molar-refractivity contribution is -0.155. The number of hydrogen-bond acceptors (Lipinski definition) is 12. The third-order valence-corrected chi connectivity index (χ3v) is 5.69. The van der Waals surface area contributed by atoms with Crippen molar-refractivity contribution in [2.24, 2.45) is 5.73 Å². The average molecular weight is 650 g/mol. The van der Waals surface area contributed by atoms with Crippen LogP contribution in [0.5, 0.6) is 0 Å². The maximum Gasteiger partial charge on any atom is 0.306 e. The fourth-order valence-corrected chi connectivity index (χ4v) is 3.77. The van der Waals surface area contributed by atoms with E-state index in [2.05, 4.69) is 10.6 Å². The van der Waals surface area contributed by atoms with E-state index in [4.69, 9.17) is 34.2 Å². The zero-order valence-electron chi connectivity index (χ0n) is 29.6. The molecule has 45 heavy (non-hydrogen) atoms. The van der Waals surface area contributed by atoms with Crippen LogP contribution in [-0.4, -0.2) is 106 Å². The van der Waals surface area contributed by atoms with Gasteiger partial charge in [-0.05, 0) is 88.6 Å². The number of nitrogens with one attached hydrogen (secondary N) is 2. The summed E-state index contributed by atoms with van der Waals surface area (Å²) in [5, 5.41) is 5.74. The van der Waals surface area contributed by atoms with E-state index >= 15 is 0 Å². The third kappa shape index (κ3) is 31.4. The number of carbonyl (C=O) groups is 4. The molecule has 0 aromatic carbocycles. The molecule has 0 rings (SSSR count). The summed E-state index contributed by atoms with van der Waals surface area (Å²) >= 11 is 0. The summed E-state index contributed by atoms with van der Waals surface area (Å²) in [6.45, 7) is 20.7. The predicted molar refractivity (Wildman–Crippen MR) is 173 cm³/mol. The molecule has 0 atom stereocenters. The van der Waals surface area contributed by atoms with Crippen LogP contribution < -0.4 is 16.4 Å². The Kier molecular flexibility index (Phi) is 23.8. The monoisotopic (exact) mass is 649 g/mol. The molecule has 0 aromatic rings. The normalized spacial score (nSPS) is 12.1. The average Bonchev–Trinajstić information content (AvgIpc) is 2.89. The molecule has 0 heterocycles. The second kappa shape index (κ2) is 23.9. The first-order valence-electron chi connectivity index (χ1n) is 15.7. The Labute approximate surface area is 271 Å². The van der Waals surface area contributed by atoms with Crippen molar-refractivity contribution in [1.82, 2.24) is 10.6 Å². The maximum absolute atomic E-state index is 12.2. The topological polar surface area (TPSA) is 174 Å². The fourth-order valence-electron chi connectivity index (χ4n) is 3.77. The number of ether oxygens (including phenoxy) is 6. The van der Waals surface area contributed by atoms with Gasteiger partial charge in [0.15, 0.2) is 0 Å². The number of hydrogen-bond donors (Lipinski definition) is 3. The van der Waals surface area contributed by atoms with Crippen molar-refractivity contribution in [1.29, 1.82) is 0 Å². The van der Waals surface area contributed by atoms with E-state index in [1.807, 2.05) is 62.3 Å². The van der Waals surface area contributed by atoms with Gasteiger partial charge in [-0.1, -0.05) is 0 Å². The predicted octanol–water partition coefficient (Wildman–Crippen LogP) is 3.05. The van der Waals surface area contributed by atoms with Crippen molar-refractivity contribution >= 4 is 24.3 Å². The zero-order valence-corrected chi connectivity index (χ0v) is 29.6. The molecule has 13 nitrogen and oxygen atoms in total. The van der Waals surface area contributed by atoms with Crippen LogP contribution in [0, 0.1) is 0 Å². The van der Waals surface area contributed by atoms with Gasteiger partial charge in [-0.25, -0.2) is 0 Å². The third-order valence-electron chi connectivity index (χ3n) is 5.69. The van der Waals surface area contributed by atoms with E-state index in [9.17, 15) is 19.2 Å². The SMILES string of the molecule is CNC(CCC(=O)OC(C)(C)C)(CCC(=O)OC(C)(C)C)CCC(=O)OC(C)(C)C.NCCOCCOCCOCCNC=O. The fraction of sp³-hybridized carbons (Fsp3) is 0.875. The van der Waals surface area contributed by atoms with Crippen LogP contribution in [0.2, 0.25) is 0 Å². The van der Waals surface area contributed by atoms with Gasteiger partial charge in [0.05, 0.1) is 39.6 Å². The Hall–Kier alpha value is -2.32. The zero-order chi connectivity index (χ0) is 35.0. The quantitative estimate of drug-likeness (QED) is 0.0678. The summed E-state index contributed by atoms with van der Waals surface area (Å²) in [6, 6.07) is 0. The second-order valence-corrected chi connectivity index (χ2v) is 13.5.